The number of rotatable bonds is 5. The van der Waals surface area contributed by atoms with Crippen LogP contribution in [0.1, 0.15) is 45.1 Å². The van der Waals surface area contributed by atoms with Crippen LogP contribution in [0.2, 0.25) is 0 Å². The van der Waals surface area contributed by atoms with Crippen molar-refractivity contribution in [1.29, 1.82) is 0 Å². The molecule has 0 amide bonds. The van der Waals surface area contributed by atoms with Crippen LogP contribution in [0.3, 0.4) is 0 Å². The molecule has 1 heterocycles. The van der Waals surface area contributed by atoms with Crippen LogP contribution in [-0.4, -0.2) is 23.4 Å². The Bertz CT molecular complexity index is 446. The third-order valence-electron chi connectivity index (χ3n) is 4.39. The zero-order valence-electron chi connectivity index (χ0n) is 12.3. The lowest BCUT2D eigenvalue weighted by Gasteiger charge is -2.40. The molecule has 1 fully saturated rings. The van der Waals surface area contributed by atoms with Gasteiger partial charge >= 0.3 is 0 Å². The van der Waals surface area contributed by atoms with Gasteiger partial charge in [-0.25, -0.2) is 4.39 Å². The van der Waals surface area contributed by atoms with Crippen LogP contribution in [0.15, 0.2) is 18.2 Å². The molecular weight excluding hydrogens is 257 g/mol. The lowest BCUT2D eigenvalue weighted by Crippen LogP contribution is -2.46. The van der Waals surface area contributed by atoms with Crippen LogP contribution in [0.25, 0.3) is 0 Å². The van der Waals surface area contributed by atoms with E-state index in [9.17, 15) is 9.50 Å². The molecule has 20 heavy (non-hydrogen) atoms. The van der Waals surface area contributed by atoms with E-state index in [0.717, 1.165) is 37.9 Å². The number of phenolic OH excluding ortho intramolecular Hbond substituents is 1. The van der Waals surface area contributed by atoms with Crippen LogP contribution in [0, 0.1) is 5.82 Å². The van der Waals surface area contributed by atoms with Crippen LogP contribution in [0.5, 0.6) is 5.75 Å². The van der Waals surface area contributed by atoms with E-state index in [1.807, 2.05) is 0 Å². The van der Waals surface area contributed by atoms with Crippen LogP contribution in [0.4, 0.5) is 4.39 Å². The Kier molecular flexibility index (Phi) is 5.00. The molecule has 0 spiro atoms. The maximum Gasteiger partial charge on any atom is 0.165 e. The monoisotopic (exact) mass is 281 g/mol. The third kappa shape index (κ3) is 3.49. The predicted molar refractivity (Wildman–Crippen MR) is 77.2 cm³/mol. The lowest BCUT2D eigenvalue weighted by molar-refractivity contribution is -0.0932. The largest absolute Gasteiger partial charge is 0.505 e. The minimum Gasteiger partial charge on any atom is -0.505 e. The van der Waals surface area contributed by atoms with Gasteiger partial charge in [0.15, 0.2) is 11.6 Å². The quantitative estimate of drug-likeness (QED) is 0.869. The van der Waals surface area contributed by atoms with Gasteiger partial charge in [0.05, 0.1) is 5.60 Å². The van der Waals surface area contributed by atoms with Crippen molar-refractivity contribution in [3.05, 3.63) is 29.6 Å². The maximum absolute atomic E-state index is 13.3. The number of halogens is 1. The van der Waals surface area contributed by atoms with Crippen LogP contribution < -0.4 is 5.32 Å². The summed E-state index contributed by atoms with van der Waals surface area (Å²) < 4.78 is 19.2. The first kappa shape index (κ1) is 15.3. The van der Waals surface area contributed by atoms with Gasteiger partial charge in [0.25, 0.3) is 0 Å². The Morgan fingerprint density at radius 1 is 1.40 bits per heavy atom. The molecule has 2 rings (SSSR count). The summed E-state index contributed by atoms with van der Waals surface area (Å²) in [6.45, 7) is 5.73. The Labute approximate surface area is 120 Å². The van der Waals surface area contributed by atoms with E-state index in [0.29, 0.717) is 12.6 Å². The van der Waals surface area contributed by atoms with Crippen molar-refractivity contribution in [1.82, 2.24) is 5.32 Å². The zero-order valence-corrected chi connectivity index (χ0v) is 12.3. The number of phenols is 1. The molecule has 112 valence electrons. The van der Waals surface area contributed by atoms with E-state index in [-0.39, 0.29) is 11.4 Å². The highest BCUT2D eigenvalue weighted by atomic mass is 19.1. The molecule has 3 nitrogen and oxygen atoms in total. The molecule has 2 N–H and O–H groups in total. The zero-order chi connectivity index (χ0) is 14.6. The van der Waals surface area contributed by atoms with Crippen molar-refractivity contribution in [2.45, 2.75) is 57.7 Å². The predicted octanol–water partition coefficient (Wildman–Crippen LogP) is 3.36. The Balaban J connectivity index is 1.91. The number of aromatic hydroxyl groups is 1. The van der Waals surface area contributed by atoms with Gasteiger partial charge in [-0.2, -0.15) is 0 Å². The average molecular weight is 281 g/mol. The standard InChI is InChI=1S/C16H24FNO2/c1-3-16(4-2)10-13(7-8-20-16)18-11-12-5-6-15(19)14(17)9-12/h5-6,9,13,18-19H,3-4,7-8,10-11H2,1-2H3. The summed E-state index contributed by atoms with van der Waals surface area (Å²) in [7, 11) is 0. The van der Waals surface area contributed by atoms with E-state index in [4.69, 9.17) is 4.74 Å². The Morgan fingerprint density at radius 3 is 2.80 bits per heavy atom. The van der Waals surface area contributed by atoms with Crippen molar-refractivity contribution >= 4 is 0 Å². The van der Waals surface area contributed by atoms with Gasteiger partial charge < -0.3 is 15.2 Å². The lowest BCUT2D eigenvalue weighted by atomic mass is 9.86. The second-order valence-electron chi connectivity index (χ2n) is 5.59. The van der Waals surface area contributed by atoms with Crippen molar-refractivity contribution < 1.29 is 14.2 Å². The highest BCUT2D eigenvalue weighted by Crippen LogP contribution is 2.31. The summed E-state index contributed by atoms with van der Waals surface area (Å²) >= 11 is 0. The first-order valence-electron chi connectivity index (χ1n) is 7.43. The fourth-order valence-electron chi connectivity index (χ4n) is 2.87. The molecular formula is C16H24FNO2. The van der Waals surface area contributed by atoms with Gasteiger partial charge in [-0.3, -0.25) is 0 Å². The molecule has 1 aliphatic rings. The number of benzene rings is 1. The smallest absolute Gasteiger partial charge is 0.165 e. The number of nitrogens with one attached hydrogen (secondary N) is 1. The molecule has 1 aromatic rings. The van der Waals surface area contributed by atoms with Gasteiger partial charge in [0, 0.05) is 19.2 Å². The first-order chi connectivity index (χ1) is 9.58. The average Bonchev–Trinajstić information content (AvgIpc) is 2.48. The minimum absolute atomic E-state index is 0.00385. The van der Waals surface area contributed by atoms with Crippen molar-refractivity contribution in [2.24, 2.45) is 0 Å². The minimum atomic E-state index is -0.562. The second-order valence-corrected chi connectivity index (χ2v) is 5.59. The molecule has 1 unspecified atom stereocenters. The second kappa shape index (κ2) is 6.55. The van der Waals surface area contributed by atoms with Gasteiger partial charge in [0.1, 0.15) is 0 Å². The SMILES string of the molecule is CCC1(CC)CC(NCc2ccc(O)c(F)c2)CCO1. The summed E-state index contributed by atoms with van der Waals surface area (Å²) in [6.07, 6.45) is 4.04. The van der Waals surface area contributed by atoms with Crippen molar-refractivity contribution in [3.63, 3.8) is 0 Å². The highest BCUT2D eigenvalue weighted by molar-refractivity contribution is 5.27. The van der Waals surface area contributed by atoms with Gasteiger partial charge in [-0.1, -0.05) is 19.9 Å². The van der Waals surface area contributed by atoms with Crippen LogP contribution in [-0.2, 0) is 11.3 Å². The first-order valence-corrected chi connectivity index (χ1v) is 7.43. The van der Waals surface area contributed by atoms with Crippen LogP contribution >= 0.6 is 0 Å². The normalized spacial score (nSPS) is 21.9. The van der Waals surface area contributed by atoms with Gasteiger partial charge in [-0.15, -0.1) is 0 Å². The topological polar surface area (TPSA) is 41.5 Å². The van der Waals surface area contributed by atoms with E-state index in [2.05, 4.69) is 19.2 Å². The van der Waals surface area contributed by atoms with Crippen molar-refractivity contribution in [2.75, 3.05) is 6.61 Å². The molecule has 0 radical (unpaired) electrons. The van der Waals surface area contributed by atoms with Gasteiger partial charge in [0.2, 0.25) is 0 Å². The number of ether oxygens (including phenoxy) is 1. The van der Waals surface area contributed by atoms with E-state index >= 15 is 0 Å². The molecule has 0 aliphatic carbocycles. The Morgan fingerprint density at radius 2 is 2.15 bits per heavy atom. The summed E-state index contributed by atoms with van der Waals surface area (Å²) in [5.74, 6) is -0.858. The molecule has 4 heteroatoms. The molecule has 1 saturated heterocycles. The summed E-state index contributed by atoms with van der Waals surface area (Å²) in [4.78, 5) is 0. The number of hydrogen-bond acceptors (Lipinski definition) is 3. The van der Waals surface area contributed by atoms with E-state index in [1.54, 1.807) is 6.07 Å². The fraction of sp³-hybridized carbons (Fsp3) is 0.625. The summed E-state index contributed by atoms with van der Waals surface area (Å²) in [5, 5.41) is 12.7. The third-order valence-corrected chi connectivity index (χ3v) is 4.39. The molecule has 0 aromatic heterocycles. The van der Waals surface area contributed by atoms with Gasteiger partial charge in [-0.05, 0) is 43.4 Å². The number of hydrogen-bond donors (Lipinski definition) is 2. The molecule has 0 bridgehead atoms. The summed E-state index contributed by atoms with van der Waals surface area (Å²) in [6, 6.07) is 4.94. The molecule has 1 aromatic carbocycles. The Hall–Kier alpha value is -1.13. The van der Waals surface area contributed by atoms with E-state index in [1.165, 1.54) is 12.1 Å². The summed E-state index contributed by atoms with van der Waals surface area (Å²) in [5.41, 5.74) is 0.848. The highest BCUT2D eigenvalue weighted by Gasteiger charge is 2.34. The maximum atomic E-state index is 13.3. The van der Waals surface area contributed by atoms with E-state index < -0.39 is 5.82 Å². The molecule has 1 atom stereocenters. The van der Waals surface area contributed by atoms with Crippen molar-refractivity contribution in [3.8, 4) is 5.75 Å². The molecule has 1 aliphatic heterocycles. The fourth-order valence-corrected chi connectivity index (χ4v) is 2.87. The molecule has 0 saturated carbocycles.